The Labute approximate surface area is 121 Å². The van der Waals surface area contributed by atoms with Crippen LogP contribution in [0.3, 0.4) is 0 Å². The van der Waals surface area contributed by atoms with Gasteiger partial charge in [0.05, 0.1) is 0 Å². The molecule has 0 atom stereocenters. The summed E-state index contributed by atoms with van der Waals surface area (Å²) in [7, 11) is 0. The van der Waals surface area contributed by atoms with Crippen LogP contribution in [0, 0.1) is 0 Å². The van der Waals surface area contributed by atoms with Gasteiger partial charge in [-0.3, -0.25) is 4.40 Å². The second-order valence-electron chi connectivity index (χ2n) is 5.50. The Morgan fingerprint density at radius 1 is 1.16 bits per heavy atom. The van der Waals surface area contributed by atoms with Gasteiger partial charge in [0.25, 0.3) is 0 Å². The van der Waals surface area contributed by atoms with Crippen LogP contribution in [0.2, 0.25) is 0 Å². The topological polar surface area (TPSA) is 56.2 Å². The molecular weight excluding hydrogens is 304 g/mol. The lowest BCUT2D eigenvalue weighted by Crippen LogP contribution is -2.36. The molecule has 2 N–H and O–H groups in total. The molecule has 1 aliphatic rings. The van der Waals surface area contributed by atoms with E-state index in [9.17, 15) is 0 Å². The Kier molecular flexibility index (Phi) is 3.58. The van der Waals surface area contributed by atoms with E-state index in [4.69, 9.17) is 5.73 Å². The summed E-state index contributed by atoms with van der Waals surface area (Å²) < 4.78 is 3.14. The molecular formula is C14H19BrN4. The number of fused-ring (bicyclic) bond motifs is 1. The first-order chi connectivity index (χ1) is 9.25. The lowest BCUT2D eigenvalue weighted by atomic mass is 9.79. The summed E-state index contributed by atoms with van der Waals surface area (Å²) in [6.07, 6.45) is 9.38. The maximum atomic E-state index is 6.14. The van der Waals surface area contributed by atoms with Crippen molar-refractivity contribution in [2.24, 2.45) is 5.73 Å². The Morgan fingerprint density at radius 3 is 2.58 bits per heavy atom. The summed E-state index contributed by atoms with van der Waals surface area (Å²) in [5.74, 6) is 1.04. The molecule has 1 saturated carbocycles. The van der Waals surface area contributed by atoms with Crippen molar-refractivity contribution in [1.29, 1.82) is 0 Å². The zero-order chi connectivity index (χ0) is 13.3. The van der Waals surface area contributed by atoms with Crippen molar-refractivity contribution in [2.75, 3.05) is 6.54 Å². The van der Waals surface area contributed by atoms with Crippen molar-refractivity contribution in [3.05, 3.63) is 28.6 Å². The van der Waals surface area contributed by atoms with Gasteiger partial charge in [-0.25, -0.2) is 0 Å². The minimum atomic E-state index is -0.00326. The number of rotatable bonds is 2. The molecule has 0 bridgehead atoms. The third-order valence-electron chi connectivity index (χ3n) is 4.29. The van der Waals surface area contributed by atoms with Gasteiger partial charge in [-0.2, -0.15) is 0 Å². The largest absolute Gasteiger partial charge is 0.329 e. The van der Waals surface area contributed by atoms with Crippen LogP contribution in [0.15, 0.2) is 22.8 Å². The highest BCUT2D eigenvalue weighted by atomic mass is 79.9. The molecule has 3 rings (SSSR count). The van der Waals surface area contributed by atoms with E-state index in [1.54, 1.807) is 0 Å². The molecule has 2 aromatic rings. The summed E-state index contributed by atoms with van der Waals surface area (Å²) in [5, 5.41) is 8.75. The zero-order valence-electron chi connectivity index (χ0n) is 11.0. The van der Waals surface area contributed by atoms with Crippen LogP contribution in [-0.2, 0) is 5.41 Å². The van der Waals surface area contributed by atoms with E-state index in [1.165, 1.54) is 25.7 Å². The number of pyridine rings is 1. The molecule has 0 radical (unpaired) electrons. The van der Waals surface area contributed by atoms with E-state index in [1.807, 2.05) is 18.3 Å². The monoisotopic (exact) mass is 322 g/mol. The number of nitrogens with two attached hydrogens (primary N) is 1. The van der Waals surface area contributed by atoms with E-state index in [0.29, 0.717) is 6.54 Å². The molecule has 2 heterocycles. The van der Waals surface area contributed by atoms with E-state index >= 15 is 0 Å². The Bertz CT molecular complexity index is 570. The smallest absolute Gasteiger partial charge is 0.160 e. The molecule has 5 heteroatoms. The Balaban J connectivity index is 2.12. The molecule has 0 aliphatic heterocycles. The second-order valence-corrected chi connectivity index (χ2v) is 6.41. The van der Waals surface area contributed by atoms with Crippen LogP contribution in [0.5, 0.6) is 0 Å². The molecule has 102 valence electrons. The molecule has 1 fully saturated rings. The Morgan fingerprint density at radius 2 is 1.89 bits per heavy atom. The van der Waals surface area contributed by atoms with Gasteiger partial charge in [0.15, 0.2) is 5.65 Å². The van der Waals surface area contributed by atoms with Crippen molar-refractivity contribution in [3.63, 3.8) is 0 Å². The first-order valence-corrected chi connectivity index (χ1v) is 7.75. The first-order valence-electron chi connectivity index (χ1n) is 6.96. The molecule has 2 aromatic heterocycles. The van der Waals surface area contributed by atoms with Crippen LogP contribution < -0.4 is 5.73 Å². The average molecular weight is 323 g/mol. The molecule has 0 unspecified atom stereocenters. The highest BCUT2D eigenvalue weighted by molar-refractivity contribution is 9.10. The van der Waals surface area contributed by atoms with E-state index in [0.717, 1.165) is 28.8 Å². The number of hydrogen-bond donors (Lipinski definition) is 1. The minimum absolute atomic E-state index is 0.00326. The molecule has 0 saturated heterocycles. The SMILES string of the molecule is NCC1(c2nnc3ccc(Br)cn23)CCCCCC1. The lowest BCUT2D eigenvalue weighted by molar-refractivity contribution is 0.356. The fourth-order valence-corrected chi connectivity index (χ4v) is 3.49. The molecule has 0 aromatic carbocycles. The van der Waals surface area contributed by atoms with Gasteiger partial charge in [-0.15, -0.1) is 10.2 Å². The zero-order valence-corrected chi connectivity index (χ0v) is 12.6. The van der Waals surface area contributed by atoms with Crippen molar-refractivity contribution < 1.29 is 0 Å². The third-order valence-corrected chi connectivity index (χ3v) is 4.76. The van der Waals surface area contributed by atoms with E-state index in [-0.39, 0.29) is 5.41 Å². The summed E-state index contributed by atoms with van der Waals surface area (Å²) >= 11 is 3.52. The quantitative estimate of drug-likeness (QED) is 0.864. The minimum Gasteiger partial charge on any atom is -0.329 e. The number of aromatic nitrogens is 3. The van der Waals surface area contributed by atoms with Crippen molar-refractivity contribution >= 4 is 21.6 Å². The normalized spacial score (nSPS) is 19.5. The molecule has 19 heavy (non-hydrogen) atoms. The van der Waals surface area contributed by atoms with Gasteiger partial charge in [-0.1, -0.05) is 25.7 Å². The van der Waals surface area contributed by atoms with E-state index in [2.05, 4.69) is 30.5 Å². The summed E-state index contributed by atoms with van der Waals surface area (Å²) in [6.45, 7) is 0.653. The third kappa shape index (κ3) is 2.30. The summed E-state index contributed by atoms with van der Waals surface area (Å²) in [4.78, 5) is 0. The Hall–Kier alpha value is -0.940. The van der Waals surface area contributed by atoms with Gasteiger partial charge in [0.2, 0.25) is 0 Å². The van der Waals surface area contributed by atoms with Crippen LogP contribution in [0.4, 0.5) is 0 Å². The summed E-state index contributed by atoms with van der Waals surface area (Å²) in [6, 6.07) is 3.98. The standard InChI is InChI=1S/C14H19BrN4/c15-11-5-6-12-17-18-13(19(12)9-11)14(10-16)7-3-1-2-4-8-14/h5-6,9H,1-4,7-8,10,16H2. The highest BCUT2D eigenvalue weighted by Crippen LogP contribution is 2.36. The maximum Gasteiger partial charge on any atom is 0.160 e. The second kappa shape index (κ2) is 5.21. The van der Waals surface area contributed by atoms with E-state index < -0.39 is 0 Å². The lowest BCUT2D eigenvalue weighted by Gasteiger charge is -2.29. The van der Waals surface area contributed by atoms with Crippen molar-refractivity contribution in [2.45, 2.75) is 43.9 Å². The van der Waals surface area contributed by atoms with Crippen LogP contribution in [0.1, 0.15) is 44.3 Å². The van der Waals surface area contributed by atoms with Crippen molar-refractivity contribution in [1.82, 2.24) is 14.6 Å². The average Bonchev–Trinajstić information content (AvgIpc) is 2.69. The first kappa shape index (κ1) is 13.1. The van der Waals surface area contributed by atoms with Crippen LogP contribution in [0.25, 0.3) is 5.65 Å². The predicted octanol–water partition coefficient (Wildman–Crippen LogP) is 3.04. The summed E-state index contributed by atoms with van der Waals surface area (Å²) in [5.41, 5.74) is 7.03. The van der Waals surface area contributed by atoms with Gasteiger partial charge in [0.1, 0.15) is 5.82 Å². The molecule has 0 spiro atoms. The van der Waals surface area contributed by atoms with Gasteiger partial charge in [0, 0.05) is 22.6 Å². The molecule has 4 nitrogen and oxygen atoms in total. The van der Waals surface area contributed by atoms with Crippen LogP contribution >= 0.6 is 15.9 Å². The highest BCUT2D eigenvalue weighted by Gasteiger charge is 2.35. The predicted molar refractivity (Wildman–Crippen MR) is 79.1 cm³/mol. The van der Waals surface area contributed by atoms with Gasteiger partial charge in [-0.05, 0) is 40.9 Å². The van der Waals surface area contributed by atoms with Crippen molar-refractivity contribution in [3.8, 4) is 0 Å². The van der Waals surface area contributed by atoms with Gasteiger partial charge < -0.3 is 5.73 Å². The number of halogens is 1. The number of hydrogen-bond acceptors (Lipinski definition) is 3. The number of nitrogens with zero attached hydrogens (tertiary/aromatic N) is 3. The fraction of sp³-hybridized carbons (Fsp3) is 0.571. The molecule has 1 aliphatic carbocycles. The van der Waals surface area contributed by atoms with Gasteiger partial charge >= 0.3 is 0 Å². The van der Waals surface area contributed by atoms with Crippen LogP contribution in [-0.4, -0.2) is 21.1 Å². The maximum absolute atomic E-state index is 6.14. The molecule has 0 amide bonds. The fourth-order valence-electron chi connectivity index (χ4n) is 3.15.